The molecule has 6 nitrogen and oxygen atoms in total. The number of aromatic nitrogens is 2. The molecule has 0 radical (unpaired) electrons. The highest BCUT2D eigenvalue weighted by Gasteiger charge is 2.43. The summed E-state index contributed by atoms with van der Waals surface area (Å²) < 4.78 is 32.8. The second-order valence-electron chi connectivity index (χ2n) is 5.17. The normalized spacial score (nSPS) is 30.9. The van der Waals surface area contributed by atoms with Crippen molar-refractivity contribution in [2.24, 2.45) is 0 Å². The Morgan fingerprint density at radius 2 is 2.28 bits per heavy atom. The van der Waals surface area contributed by atoms with Crippen LogP contribution < -0.4 is 4.72 Å². The summed E-state index contributed by atoms with van der Waals surface area (Å²) in [6, 6.07) is 1.91. The van der Waals surface area contributed by atoms with Gasteiger partial charge in [-0.05, 0) is 26.2 Å². The van der Waals surface area contributed by atoms with Crippen LogP contribution in [0.1, 0.15) is 31.0 Å². The van der Waals surface area contributed by atoms with Crippen molar-refractivity contribution in [1.29, 1.82) is 0 Å². The Morgan fingerprint density at radius 1 is 1.50 bits per heavy atom. The molecule has 0 aliphatic carbocycles. The number of nitrogens with zero attached hydrogens (tertiary/aromatic N) is 2. The van der Waals surface area contributed by atoms with Gasteiger partial charge < -0.3 is 4.74 Å². The van der Waals surface area contributed by atoms with E-state index in [0.29, 0.717) is 11.9 Å². The molecule has 3 atom stereocenters. The van der Waals surface area contributed by atoms with Crippen LogP contribution in [0.3, 0.4) is 0 Å². The monoisotopic (exact) mass is 271 g/mol. The molecule has 7 heteroatoms. The SMILES string of the molecule is Cc1cc(NS(C)(=O)=O)n(C2CC3CCC2O3)n1. The number of nitrogens with one attached hydrogen (secondary N) is 1. The molecule has 1 N–H and O–H groups in total. The first-order valence-electron chi connectivity index (χ1n) is 6.12. The first kappa shape index (κ1) is 12.0. The van der Waals surface area contributed by atoms with Crippen molar-refractivity contribution < 1.29 is 13.2 Å². The molecule has 0 saturated carbocycles. The van der Waals surface area contributed by atoms with Crippen molar-refractivity contribution in [2.75, 3.05) is 11.0 Å². The van der Waals surface area contributed by atoms with Crippen molar-refractivity contribution in [3.05, 3.63) is 11.8 Å². The van der Waals surface area contributed by atoms with Gasteiger partial charge in [-0.25, -0.2) is 13.1 Å². The van der Waals surface area contributed by atoms with Crippen molar-refractivity contribution in [1.82, 2.24) is 9.78 Å². The van der Waals surface area contributed by atoms with Crippen molar-refractivity contribution in [3.63, 3.8) is 0 Å². The lowest BCUT2D eigenvalue weighted by atomic mass is 9.96. The molecule has 18 heavy (non-hydrogen) atoms. The lowest BCUT2D eigenvalue weighted by molar-refractivity contribution is 0.0925. The average Bonchev–Trinajstić information content (AvgIpc) is 2.90. The Kier molecular flexibility index (Phi) is 2.63. The van der Waals surface area contributed by atoms with Gasteiger partial charge in [-0.3, -0.25) is 4.72 Å². The van der Waals surface area contributed by atoms with Crippen LogP contribution >= 0.6 is 0 Å². The van der Waals surface area contributed by atoms with E-state index in [2.05, 4.69) is 9.82 Å². The van der Waals surface area contributed by atoms with E-state index in [-0.39, 0.29) is 12.1 Å². The summed E-state index contributed by atoms with van der Waals surface area (Å²) >= 11 is 0. The highest BCUT2D eigenvalue weighted by molar-refractivity contribution is 7.92. The van der Waals surface area contributed by atoms with E-state index in [0.717, 1.165) is 31.2 Å². The van der Waals surface area contributed by atoms with Gasteiger partial charge in [-0.15, -0.1) is 0 Å². The summed E-state index contributed by atoms with van der Waals surface area (Å²) in [5.74, 6) is 0.538. The molecule has 2 aliphatic heterocycles. The molecule has 3 heterocycles. The molecule has 2 saturated heterocycles. The first-order valence-corrected chi connectivity index (χ1v) is 8.01. The molecular weight excluding hydrogens is 254 g/mol. The van der Waals surface area contributed by atoms with Crippen LogP contribution in [0.2, 0.25) is 0 Å². The zero-order valence-electron chi connectivity index (χ0n) is 10.5. The number of aryl methyl sites for hydroxylation is 1. The fourth-order valence-corrected chi connectivity index (χ4v) is 3.44. The lowest BCUT2D eigenvalue weighted by Crippen LogP contribution is -2.24. The van der Waals surface area contributed by atoms with Gasteiger partial charge in [0.1, 0.15) is 5.82 Å². The maximum absolute atomic E-state index is 11.4. The largest absolute Gasteiger partial charge is 0.373 e. The van der Waals surface area contributed by atoms with Crippen molar-refractivity contribution in [3.8, 4) is 0 Å². The molecule has 0 aromatic carbocycles. The highest BCUT2D eigenvalue weighted by Crippen LogP contribution is 2.42. The van der Waals surface area contributed by atoms with Crippen LogP contribution in [0.5, 0.6) is 0 Å². The van der Waals surface area contributed by atoms with Gasteiger partial charge in [0.05, 0.1) is 30.2 Å². The van der Waals surface area contributed by atoms with Gasteiger partial charge in [0.15, 0.2) is 0 Å². The minimum absolute atomic E-state index is 0.154. The number of fused-ring (bicyclic) bond motifs is 2. The fourth-order valence-electron chi connectivity index (χ4n) is 2.90. The molecule has 100 valence electrons. The summed E-state index contributed by atoms with van der Waals surface area (Å²) in [4.78, 5) is 0. The topological polar surface area (TPSA) is 73.2 Å². The maximum Gasteiger partial charge on any atom is 0.230 e. The van der Waals surface area contributed by atoms with Gasteiger partial charge >= 0.3 is 0 Å². The summed E-state index contributed by atoms with van der Waals surface area (Å²) in [7, 11) is -3.28. The number of hydrogen-bond donors (Lipinski definition) is 1. The smallest absolute Gasteiger partial charge is 0.230 e. The molecular formula is C11H17N3O3S. The molecule has 1 aromatic rings. The zero-order valence-corrected chi connectivity index (χ0v) is 11.3. The maximum atomic E-state index is 11.4. The van der Waals surface area contributed by atoms with Gasteiger partial charge in [-0.1, -0.05) is 0 Å². The number of sulfonamides is 1. The van der Waals surface area contributed by atoms with Gasteiger partial charge in [0.25, 0.3) is 0 Å². The second-order valence-corrected chi connectivity index (χ2v) is 6.92. The van der Waals surface area contributed by atoms with Crippen LogP contribution in [-0.2, 0) is 14.8 Å². The number of ether oxygens (including phenoxy) is 1. The fraction of sp³-hybridized carbons (Fsp3) is 0.727. The molecule has 0 amide bonds. The molecule has 3 rings (SSSR count). The Morgan fingerprint density at radius 3 is 2.83 bits per heavy atom. The molecule has 2 aliphatic rings. The van der Waals surface area contributed by atoms with Crippen LogP contribution in [0.15, 0.2) is 6.07 Å². The van der Waals surface area contributed by atoms with Crippen molar-refractivity contribution >= 4 is 15.8 Å². The van der Waals surface area contributed by atoms with E-state index >= 15 is 0 Å². The highest BCUT2D eigenvalue weighted by atomic mass is 32.2. The number of rotatable bonds is 3. The predicted octanol–water partition coefficient (Wildman–Crippen LogP) is 1.06. The van der Waals surface area contributed by atoms with Crippen LogP contribution in [0.25, 0.3) is 0 Å². The summed E-state index contributed by atoms with van der Waals surface area (Å²) in [6.07, 6.45) is 4.70. The standard InChI is InChI=1S/C11H17N3O3S/c1-7-5-11(13-18(2,15)16)14(12-7)9-6-8-3-4-10(9)17-8/h5,8-10,13H,3-4,6H2,1-2H3. The van der Waals surface area contributed by atoms with Gasteiger partial charge in [0.2, 0.25) is 10.0 Å². The third kappa shape index (κ3) is 2.12. The second kappa shape index (κ2) is 3.96. The Hall–Kier alpha value is -1.08. The minimum atomic E-state index is -3.28. The van der Waals surface area contributed by atoms with E-state index in [4.69, 9.17) is 4.74 Å². The average molecular weight is 271 g/mol. The quantitative estimate of drug-likeness (QED) is 0.892. The van der Waals surface area contributed by atoms with Crippen LogP contribution in [0, 0.1) is 6.92 Å². The van der Waals surface area contributed by atoms with E-state index in [1.165, 1.54) is 0 Å². The molecule has 1 aromatic heterocycles. The first-order chi connectivity index (χ1) is 8.42. The summed E-state index contributed by atoms with van der Waals surface area (Å²) in [5.41, 5.74) is 0.809. The Labute approximate surface area is 106 Å². The minimum Gasteiger partial charge on any atom is -0.373 e. The molecule has 0 spiro atoms. The van der Waals surface area contributed by atoms with E-state index in [9.17, 15) is 8.42 Å². The molecule has 3 unspecified atom stereocenters. The van der Waals surface area contributed by atoms with Crippen LogP contribution in [-0.4, -0.2) is 36.7 Å². The summed E-state index contributed by atoms with van der Waals surface area (Å²) in [6.45, 7) is 1.86. The lowest BCUT2D eigenvalue weighted by Gasteiger charge is -2.21. The Bertz CT molecular complexity index is 566. The number of hydrogen-bond acceptors (Lipinski definition) is 4. The predicted molar refractivity (Wildman–Crippen MR) is 67.0 cm³/mol. The molecule has 2 bridgehead atoms. The van der Waals surface area contributed by atoms with E-state index in [1.54, 1.807) is 10.7 Å². The molecule has 2 fully saturated rings. The number of anilines is 1. The Balaban J connectivity index is 1.92. The van der Waals surface area contributed by atoms with Crippen LogP contribution in [0.4, 0.5) is 5.82 Å². The third-order valence-electron chi connectivity index (χ3n) is 3.54. The summed E-state index contributed by atoms with van der Waals surface area (Å²) in [5, 5.41) is 4.41. The van der Waals surface area contributed by atoms with Gasteiger partial charge in [-0.2, -0.15) is 5.10 Å². The zero-order chi connectivity index (χ0) is 12.9. The van der Waals surface area contributed by atoms with E-state index < -0.39 is 10.0 Å². The van der Waals surface area contributed by atoms with Crippen molar-refractivity contribution in [2.45, 2.75) is 44.4 Å². The third-order valence-corrected chi connectivity index (χ3v) is 4.12. The van der Waals surface area contributed by atoms with Gasteiger partial charge in [0, 0.05) is 6.07 Å². The van der Waals surface area contributed by atoms with E-state index in [1.807, 2.05) is 6.92 Å².